The molecule has 0 saturated carbocycles. The molecular formula is C10H17N3O. The zero-order valence-corrected chi connectivity index (χ0v) is 9.03. The van der Waals surface area contributed by atoms with Crippen LogP contribution in [0.4, 0.5) is 0 Å². The van der Waals surface area contributed by atoms with Crippen molar-refractivity contribution in [2.75, 3.05) is 14.1 Å². The number of imidazole rings is 1. The third kappa shape index (κ3) is 2.58. The van der Waals surface area contributed by atoms with E-state index in [0.29, 0.717) is 6.42 Å². The van der Waals surface area contributed by atoms with Gasteiger partial charge in [0.25, 0.3) is 0 Å². The molecule has 0 spiro atoms. The van der Waals surface area contributed by atoms with Crippen molar-refractivity contribution >= 4 is 5.91 Å². The Balaban J connectivity index is 2.49. The van der Waals surface area contributed by atoms with Gasteiger partial charge in [-0.15, -0.1) is 0 Å². The Bertz CT molecular complexity index is 304. The molecule has 0 unspecified atom stereocenters. The normalized spacial score (nSPS) is 10.2. The third-order valence-corrected chi connectivity index (χ3v) is 2.18. The van der Waals surface area contributed by atoms with Gasteiger partial charge in [-0.3, -0.25) is 4.79 Å². The van der Waals surface area contributed by atoms with E-state index in [0.717, 1.165) is 18.8 Å². The monoisotopic (exact) mass is 195 g/mol. The van der Waals surface area contributed by atoms with Gasteiger partial charge < -0.3 is 9.47 Å². The molecule has 0 saturated heterocycles. The number of rotatable bonds is 4. The summed E-state index contributed by atoms with van der Waals surface area (Å²) >= 11 is 0. The predicted molar refractivity (Wildman–Crippen MR) is 54.9 cm³/mol. The molecule has 1 aromatic rings. The van der Waals surface area contributed by atoms with Crippen LogP contribution in [0, 0.1) is 0 Å². The van der Waals surface area contributed by atoms with Crippen LogP contribution in [-0.2, 0) is 17.8 Å². The number of nitrogens with zero attached hydrogens (tertiary/aromatic N) is 3. The van der Waals surface area contributed by atoms with Gasteiger partial charge in [0.15, 0.2) is 0 Å². The van der Waals surface area contributed by atoms with Crippen LogP contribution in [0.2, 0.25) is 0 Å². The van der Waals surface area contributed by atoms with Gasteiger partial charge in [0.2, 0.25) is 5.91 Å². The number of aryl methyl sites for hydroxylation is 2. The first-order valence-corrected chi connectivity index (χ1v) is 4.85. The molecule has 0 N–H and O–H groups in total. The summed E-state index contributed by atoms with van der Waals surface area (Å²) in [6, 6.07) is 0. The lowest BCUT2D eigenvalue weighted by Crippen LogP contribution is -2.23. The van der Waals surface area contributed by atoms with E-state index in [2.05, 4.69) is 11.9 Å². The van der Waals surface area contributed by atoms with Gasteiger partial charge in [-0.05, 0) is 0 Å². The van der Waals surface area contributed by atoms with Gasteiger partial charge in [0.05, 0.1) is 0 Å². The zero-order chi connectivity index (χ0) is 10.6. The lowest BCUT2D eigenvalue weighted by molar-refractivity contribution is -0.128. The summed E-state index contributed by atoms with van der Waals surface area (Å²) in [5.74, 6) is 1.19. The highest BCUT2D eigenvalue weighted by Crippen LogP contribution is 2.01. The number of hydrogen-bond acceptors (Lipinski definition) is 2. The number of carbonyl (C=O) groups excluding carboxylic acids is 1. The van der Waals surface area contributed by atoms with Gasteiger partial charge in [-0.1, -0.05) is 6.92 Å². The van der Waals surface area contributed by atoms with Crippen molar-refractivity contribution in [3.05, 3.63) is 18.2 Å². The number of amides is 1. The van der Waals surface area contributed by atoms with Gasteiger partial charge in [0.1, 0.15) is 5.82 Å². The lowest BCUT2D eigenvalue weighted by atomic mass is 10.3. The van der Waals surface area contributed by atoms with Gasteiger partial charge in [0, 0.05) is 45.9 Å². The van der Waals surface area contributed by atoms with E-state index in [1.807, 2.05) is 10.8 Å². The maximum atomic E-state index is 11.3. The van der Waals surface area contributed by atoms with Crippen molar-refractivity contribution < 1.29 is 4.79 Å². The van der Waals surface area contributed by atoms with E-state index in [1.54, 1.807) is 25.2 Å². The molecule has 4 nitrogen and oxygen atoms in total. The van der Waals surface area contributed by atoms with Crippen LogP contribution in [0.25, 0.3) is 0 Å². The quantitative estimate of drug-likeness (QED) is 0.716. The Hall–Kier alpha value is -1.32. The van der Waals surface area contributed by atoms with Crippen molar-refractivity contribution in [2.24, 2.45) is 0 Å². The standard InChI is InChI=1S/C10H17N3O/c1-4-9-11-6-8-13(9)7-5-10(14)12(2)3/h6,8H,4-5,7H2,1-3H3. The van der Waals surface area contributed by atoms with Crippen LogP contribution in [0.1, 0.15) is 19.2 Å². The molecule has 0 aromatic carbocycles. The van der Waals surface area contributed by atoms with E-state index < -0.39 is 0 Å². The number of aromatic nitrogens is 2. The van der Waals surface area contributed by atoms with Crippen molar-refractivity contribution in [1.29, 1.82) is 0 Å². The fourth-order valence-corrected chi connectivity index (χ4v) is 1.30. The Morgan fingerprint density at radius 1 is 1.57 bits per heavy atom. The summed E-state index contributed by atoms with van der Waals surface area (Å²) in [5.41, 5.74) is 0. The summed E-state index contributed by atoms with van der Waals surface area (Å²) < 4.78 is 2.03. The predicted octanol–water partition coefficient (Wildman–Crippen LogP) is 0.924. The van der Waals surface area contributed by atoms with E-state index in [-0.39, 0.29) is 5.91 Å². The third-order valence-electron chi connectivity index (χ3n) is 2.18. The summed E-state index contributed by atoms with van der Waals surface area (Å²) in [5, 5.41) is 0. The van der Waals surface area contributed by atoms with Crippen LogP contribution in [0.5, 0.6) is 0 Å². The van der Waals surface area contributed by atoms with Crippen LogP contribution in [0.15, 0.2) is 12.4 Å². The molecule has 0 fully saturated rings. The summed E-state index contributed by atoms with van der Waals surface area (Å²) in [7, 11) is 3.55. The highest BCUT2D eigenvalue weighted by molar-refractivity contribution is 5.75. The molecule has 4 heteroatoms. The van der Waals surface area contributed by atoms with Crippen LogP contribution < -0.4 is 0 Å². The molecule has 1 aromatic heterocycles. The van der Waals surface area contributed by atoms with Crippen molar-refractivity contribution in [1.82, 2.24) is 14.5 Å². The molecule has 0 atom stereocenters. The van der Waals surface area contributed by atoms with Crippen molar-refractivity contribution in [3.8, 4) is 0 Å². The highest BCUT2D eigenvalue weighted by atomic mass is 16.2. The summed E-state index contributed by atoms with van der Waals surface area (Å²) in [6.45, 7) is 2.78. The van der Waals surface area contributed by atoms with Crippen molar-refractivity contribution in [3.63, 3.8) is 0 Å². The molecule has 1 rings (SSSR count). The topological polar surface area (TPSA) is 38.1 Å². The van der Waals surface area contributed by atoms with E-state index in [4.69, 9.17) is 0 Å². The Kier molecular flexibility index (Phi) is 3.68. The second kappa shape index (κ2) is 4.79. The molecule has 0 aliphatic rings. The lowest BCUT2D eigenvalue weighted by Gasteiger charge is -2.11. The number of hydrogen-bond donors (Lipinski definition) is 0. The summed E-state index contributed by atoms with van der Waals surface area (Å²) in [4.78, 5) is 17.1. The molecular weight excluding hydrogens is 178 g/mol. The Morgan fingerprint density at radius 2 is 2.29 bits per heavy atom. The van der Waals surface area contributed by atoms with Crippen LogP contribution >= 0.6 is 0 Å². The first-order valence-electron chi connectivity index (χ1n) is 4.85. The molecule has 78 valence electrons. The average Bonchev–Trinajstić information content (AvgIpc) is 2.60. The largest absolute Gasteiger partial charge is 0.349 e. The van der Waals surface area contributed by atoms with Crippen LogP contribution in [-0.4, -0.2) is 34.5 Å². The van der Waals surface area contributed by atoms with Gasteiger partial charge in [-0.2, -0.15) is 0 Å². The minimum absolute atomic E-state index is 0.153. The first kappa shape index (κ1) is 10.8. The maximum Gasteiger partial charge on any atom is 0.223 e. The molecule has 1 amide bonds. The molecule has 0 aliphatic heterocycles. The molecule has 0 radical (unpaired) electrons. The molecule has 1 heterocycles. The van der Waals surface area contributed by atoms with E-state index in [9.17, 15) is 4.79 Å². The van der Waals surface area contributed by atoms with E-state index >= 15 is 0 Å². The molecule has 14 heavy (non-hydrogen) atoms. The Labute approximate surface area is 84.5 Å². The van der Waals surface area contributed by atoms with Crippen LogP contribution in [0.3, 0.4) is 0 Å². The van der Waals surface area contributed by atoms with Crippen molar-refractivity contribution in [2.45, 2.75) is 26.3 Å². The smallest absolute Gasteiger partial charge is 0.223 e. The SMILES string of the molecule is CCc1nccn1CCC(=O)N(C)C. The van der Waals surface area contributed by atoms with Gasteiger partial charge >= 0.3 is 0 Å². The number of carbonyl (C=O) groups is 1. The zero-order valence-electron chi connectivity index (χ0n) is 9.03. The second-order valence-electron chi connectivity index (χ2n) is 3.43. The maximum absolute atomic E-state index is 11.3. The first-order chi connectivity index (χ1) is 6.65. The van der Waals surface area contributed by atoms with Gasteiger partial charge in [-0.25, -0.2) is 4.98 Å². The minimum Gasteiger partial charge on any atom is -0.349 e. The van der Waals surface area contributed by atoms with E-state index in [1.165, 1.54) is 0 Å². The minimum atomic E-state index is 0.153. The highest BCUT2D eigenvalue weighted by Gasteiger charge is 2.05. The second-order valence-corrected chi connectivity index (χ2v) is 3.43. The molecule has 0 aliphatic carbocycles. The molecule has 0 bridgehead atoms. The average molecular weight is 195 g/mol. The summed E-state index contributed by atoms with van der Waals surface area (Å²) in [6.07, 6.45) is 5.14. The fourth-order valence-electron chi connectivity index (χ4n) is 1.30. The fraction of sp³-hybridized carbons (Fsp3) is 0.600. The Morgan fingerprint density at radius 3 is 2.86 bits per heavy atom.